The van der Waals surface area contributed by atoms with Crippen LogP contribution in [0.3, 0.4) is 0 Å². The summed E-state index contributed by atoms with van der Waals surface area (Å²) in [5, 5.41) is 19.6. The summed E-state index contributed by atoms with van der Waals surface area (Å²) < 4.78 is 3.50. The highest BCUT2D eigenvalue weighted by Crippen LogP contribution is 2.31. The topological polar surface area (TPSA) is 98.2 Å². The summed E-state index contributed by atoms with van der Waals surface area (Å²) in [5.74, 6) is -1.10. The van der Waals surface area contributed by atoms with Crippen LogP contribution < -0.4 is 0 Å². The number of nitrogens with zero attached hydrogens (tertiary/aromatic N) is 6. The lowest BCUT2D eigenvalue weighted by Gasteiger charge is -2.08. The highest BCUT2D eigenvalue weighted by molar-refractivity contribution is 5.94. The number of carboxylic acid groups (broad SMARTS) is 1. The monoisotopic (exact) mass is 384 g/mol. The number of hydrogen-bond donors (Lipinski definition) is 1. The van der Waals surface area contributed by atoms with E-state index in [-0.39, 0.29) is 5.69 Å². The van der Waals surface area contributed by atoms with Gasteiger partial charge in [0.15, 0.2) is 17.0 Å². The molecule has 1 aromatic carbocycles. The molecule has 0 fully saturated rings. The number of aromatic carboxylic acids is 1. The number of benzene rings is 1. The number of carbonyl (C=O) groups is 1. The summed E-state index contributed by atoms with van der Waals surface area (Å²) >= 11 is 0. The van der Waals surface area contributed by atoms with E-state index in [0.717, 1.165) is 22.6 Å². The average Bonchev–Trinajstić information content (AvgIpc) is 3.25. The quantitative estimate of drug-likeness (QED) is 0.512. The van der Waals surface area contributed by atoms with Gasteiger partial charge in [-0.05, 0) is 44.2 Å². The SMILES string of the molecule is Cc1nn(-c2ccccc2)c(C)c1-c1cc(C(=O)O)nc2c3cccnc3nn12. The molecule has 0 unspecified atom stereocenters. The Balaban J connectivity index is 1.86. The van der Waals surface area contributed by atoms with Gasteiger partial charge in [-0.2, -0.15) is 5.10 Å². The molecule has 0 bridgehead atoms. The maximum absolute atomic E-state index is 11.8. The lowest BCUT2D eigenvalue weighted by atomic mass is 10.1. The molecule has 4 heterocycles. The normalized spacial score (nSPS) is 11.4. The molecule has 0 spiro atoms. The van der Waals surface area contributed by atoms with Crippen molar-refractivity contribution in [2.45, 2.75) is 13.8 Å². The lowest BCUT2D eigenvalue weighted by molar-refractivity contribution is 0.0690. The molecule has 5 aromatic rings. The number of para-hydroxylation sites is 1. The number of aromatic nitrogens is 6. The van der Waals surface area contributed by atoms with Crippen molar-refractivity contribution in [1.29, 1.82) is 0 Å². The van der Waals surface area contributed by atoms with E-state index < -0.39 is 5.97 Å². The van der Waals surface area contributed by atoms with Crippen LogP contribution in [-0.4, -0.2) is 40.4 Å². The highest BCUT2D eigenvalue weighted by atomic mass is 16.4. The van der Waals surface area contributed by atoms with Gasteiger partial charge in [-0.3, -0.25) is 0 Å². The molecule has 0 saturated carbocycles. The summed E-state index contributed by atoms with van der Waals surface area (Å²) in [4.78, 5) is 20.3. The third kappa shape index (κ3) is 2.57. The molecule has 0 aliphatic rings. The molecule has 0 atom stereocenters. The fraction of sp³-hybridized carbons (Fsp3) is 0.0952. The number of fused-ring (bicyclic) bond motifs is 3. The van der Waals surface area contributed by atoms with Crippen LogP contribution in [0, 0.1) is 13.8 Å². The summed E-state index contributed by atoms with van der Waals surface area (Å²) in [6, 6.07) is 14.9. The molecule has 0 aliphatic heterocycles. The molecule has 142 valence electrons. The van der Waals surface area contributed by atoms with Gasteiger partial charge in [0.25, 0.3) is 0 Å². The molecule has 4 aromatic heterocycles. The zero-order chi connectivity index (χ0) is 20.1. The first-order valence-electron chi connectivity index (χ1n) is 9.04. The van der Waals surface area contributed by atoms with E-state index in [2.05, 4.69) is 20.2 Å². The third-order valence-electron chi connectivity index (χ3n) is 4.92. The van der Waals surface area contributed by atoms with E-state index in [1.807, 2.05) is 54.9 Å². The average molecular weight is 384 g/mol. The lowest BCUT2D eigenvalue weighted by Crippen LogP contribution is -2.06. The van der Waals surface area contributed by atoms with Crippen molar-refractivity contribution in [2.24, 2.45) is 0 Å². The number of pyridine rings is 1. The van der Waals surface area contributed by atoms with Crippen LogP contribution in [0.25, 0.3) is 33.6 Å². The van der Waals surface area contributed by atoms with Gasteiger partial charge in [0.2, 0.25) is 0 Å². The fourth-order valence-electron chi connectivity index (χ4n) is 3.64. The second-order valence-corrected chi connectivity index (χ2v) is 6.73. The van der Waals surface area contributed by atoms with Crippen LogP contribution in [0.15, 0.2) is 54.7 Å². The summed E-state index contributed by atoms with van der Waals surface area (Å²) in [6.07, 6.45) is 1.65. The minimum Gasteiger partial charge on any atom is -0.477 e. The van der Waals surface area contributed by atoms with Gasteiger partial charge in [0, 0.05) is 11.8 Å². The first kappa shape index (κ1) is 17.1. The Labute approximate surface area is 165 Å². The largest absolute Gasteiger partial charge is 0.477 e. The molecule has 8 heteroatoms. The van der Waals surface area contributed by atoms with Gasteiger partial charge in [-0.15, -0.1) is 5.10 Å². The Morgan fingerprint density at radius 3 is 2.59 bits per heavy atom. The maximum Gasteiger partial charge on any atom is 0.354 e. The molecule has 0 saturated heterocycles. The first-order chi connectivity index (χ1) is 14.0. The number of hydrogen-bond acceptors (Lipinski definition) is 5. The number of aryl methyl sites for hydroxylation is 1. The minimum atomic E-state index is -1.10. The zero-order valence-corrected chi connectivity index (χ0v) is 15.7. The second kappa shape index (κ2) is 6.23. The molecule has 8 nitrogen and oxygen atoms in total. The summed E-state index contributed by atoms with van der Waals surface area (Å²) in [5.41, 5.74) is 4.91. The van der Waals surface area contributed by atoms with Gasteiger partial charge in [-0.25, -0.2) is 24.0 Å². The summed E-state index contributed by atoms with van der Waals surface area (Å²) in [7, 11) is 0. The zero-order valence-electron chi connectivity index (χ0n) is 15.7. The van der Waals surface area contributed by atoms with Crippen molar-refractivity contribution < 1.29 is 9.90 Å². The van der Waals surface area contributed by atoms with Crippen LogP contribution in [0.1, 0.15) is 21.9 Å². The fourth-order valence-corrected chi connectivity index (χ4v) is 3.64. The van der Waals surface area contributed by atoms with Crippen molar-refractivity contribution in [3.8, 4) is 16.9 Å². The predicted octanol–water partition coefficient (Wildman–Crippen LogP) is 3.45. The molecular formula is C21H16N6O2. The van der Waals surface area contributed by atoms with Crippen LogP contribution >= 0.6 is 0 Å². The minimum absolute atomic E-state index is 0.0515. The standard InChI is InChI=1S/C21H16N6O2/c1-12-18(13(2)26(24-12)14-7-4-3-5-8-14)17-11-16(21(28)29)23-20-15-9-6-10-22-19(15)25-27(17)20/h3-11H,1-2H3,(H,28,29). The van der Waals surface area contributed by atoms with E-state index in [9.17, 15) is 9.90 Å². The van der Waals surface area contributed by atoms with E-state index in [1.165, 1.54) is 6.07 Å². The van der Waals surface area contributed by atoms with Gasteiger partial charge in [0.05, 0.1) is 28.2 Å². The van der Waals surface area contributed by atoms with Crippen molar-refractivity contribution in [1.82, 2.24) is 29.4 Å². The second-order valence-electron chi connectivity index (χ2n) is 6.73. The van der Waals surface area contributed by atoms with E-state index in [0.29, 0.717) is 22.4 Å². The Kier molecular flexibility index (Phi) is 3.67. The summed E-state index contributed by atoms with van der Waals surface area (Å²) in [6.45, 7) is 3.85. The van der Waals surface area contributed by atoms with E-state index >= 15 is 0 Å². The molecule has 0 amide bonds. The van der Waals surface area contributed by atoms with Crippen molar-refractivity contribution in [2.75, 3.05) is 0 Å². The Morgan fingerprint density at radius 1 is 1.03 bits per heavy atom. The Hall–Kier alpha value is -4.07. The van der Waals surface area contributed by atoms with Crippen molar-refractivity contribution >= 4 is 22.6 Å². The maximum atomic E-state index is 11.8. The predicted molar refractivity (Wildman–Crippen MR) is 107 cm³/mol. The van der Waals surface area contributed by atoms with Gasteiger partial charge >= 0.3 is 5.97 Å². The third-order valence-corrected chi connectivity index (χ3v) is 4.92. The van der Waals surface area contributed by atoms with Gasteiger partial charge in [0.1, 0.15) is 0 Å². The Bertz CT molecular complexity index is 1400. The van der Waals surface area contributed by atoms with Crippen molar-refractivity contribution in [3.05, 3.63) is 71.8 Å². The molecule has 0 aliphatic carbocycles. The molecule has 29 heavy (non-hydrogen) atoms. The van der Waals surface area contributed by atoms with Crippen LogP contribution in [0.5, 0.6) is 0 Å². The van der Waals surface area contributed by atoms with Crippen LogP contribution in [0.4, 0.5) is 0 Å². The smallest absolute Gasteiger partial charge is 0.354 e. The molecular weight excluding hydrogens is 368 g/mol. The number of carboxylic acids is 1. The molecule has 1 N–H and O–H groups in total. The molecule has 5 rings (SSSR count). The van der Waals surface area contributed by atoms with Crippen LogP contribution in [0.2, 0.25) is 0 Å². The van der Waals surface area contributed by atoms with Crippen LogP contribution in [-0.2, 0) is 0 Å². The number of rotatable bonds is 3. The van der Waals surface area contributed by atoms with Gasteiger partial charge < -0.3 is 5.11 Å². The highest BCUT2D eigenvalue weighted by Gasteiger charge is 2.22. The first-order valence-corrected chi connectivity index (χ1v) is 9.04. The Morgan fingerprint density at radius 2 is 1.83 bits per heavy atom. The van der Waals surface area contributed by atoms with Crippen molar-refractivity contribution in [3.63, 3.8) is 0 Å². The van der Waals surface area contributed by atoms with E-state index in [4.69, 9.17) is 0 Å². The van der Waals surface area contributed by atoms with Gasteiger partial charge in [-0.1, -0.05) is 18.2 Å². The van der Waals surface area contributed by atoms with E-state index in [1.54, 1.807) is 16.8 Å². The molecule has 0 radical (unpaired) electrons.